The number of aromatic nitrogens is 2. The third kappa shape index (κ3) is 3.65. The van der Waals surface area contributed by atoms with Gasteiger partial charge in [0.05, 0.1) is 34.3 Å². The number of imidazole rings is 1. The number of carbonyl (C=O) groups is 1. The summed E-state index contributed by atoms with van der Waals surface area (Å²) in [6.45, 7) is 5.74. The van der Waals surface area contributed by atoms with Crippen LogP contribution in [0, 0.1) is 11.3 Å². The molecule has 1 aromatic heterocycles. The molecular weight excluding hydrogens is 332 g/mol. The summed E-state index contributed by atoms with van der Waals surface area (Å²) in [4.78, 5) is 32.4. The molecule has 1 N–H and O–H groups in total. The van der Waals surface area contributed by atoms with Gasteiger partial charge in [0.2, 0.25) is 6.41 Å². The van der Waals surface area contributed by atoms with Crippen molar-refractivity contribution in [2.45, 2.75) is 64.1 Å². The predicted octanol–water partition coefficient (Wildman–Crippen LogP) is 2.87. The molecule has 2 aromatic rings. The van der Waals surface area contributed by atoms with Crippen molar-refractivity contribution in [3.63, 3.8) is 0 Å². The quantitative estimate of drug-likeness (QED) is 0.673. The Balaban J connectivity index is 1.77. The van der Waals surface area contributed by atoms with Crippen molar-refractivity contribution in [2.24, 2.45) is 0 Å². The molecule has 7 nitrogen and oxygen atoms in total. The van der Waals surface area contributed by atoms with Crippen LogP contribution in [0.4, 0.5) is 0 Å². The minimum absolute atomic E-state index is 0.0223. The van der Waals surface area contributed by atoms with Crippen LogP contribution in [0.2, 0.25) is 0 Å². The Morgan fingerprint density at radius 1 is 1.31 bits per heavy atom. The smallest absolute Gasteiger partial charge is 0.305 e. The molecule has 0 radical (unpaired) electrons. The van der Waals surface area contributed by atoms with Crippen molar-refractivity contribution in [3.05, 3.63) is 34.2 Å². The maximum atomic E-state index is 12.4. The molecule has 3 rings (SSSR count). The lowest BCUT2D eigenvalue weighted by Gasteiger charge is -2.37. The number of nitrogens with zero attached hydrogens (tertiary/aromatic N) is 3. The van der Waals surface area contributed by atoms with E-state index in [-0.39, 0.29) is 17.8 Å². The molecule has 26 heavy (non-hydrogen) atoms. The minimum Gasteiger partial charge on any atom is -0.305 e. The van der Waals surface area contributed by atoms with Crippen molar-refractivity contribution >= 4 is 17.4 Å². The summed E-state index contributed by atoms with van der Waals surface area (Å²) in [5, 5.41) is 10.4. The molecule has 0 spiro atoms. The van der Waals surface area contributed by atoms with E-state index in [4.69, 9.17) is 10.1 Å². The highest BCUT2D eigenvalue weighted by molar-refractivity contribution is 5.77. The topological polar surface area (TPSA) is 91.1 Å². The van der Waals surface area contributed by atoms with E-state index < -0.39 is 5.60 Å². The van der Waals surface area contributed by atoms with Gasteiger partial charge in [0.25, 0.3) is 0 Å². The number of hydrogen-bond donors (Lipinski definition) is 1. The highest BCUT2D eigenvalue weighted by Gasteiger charge is 2.30. The number of carbonyl (C=O) groups excluding carboxylic acids is 1. The molecule has 1 aliphatic rings. The molecule has 1 aliphatic carbocycles. The van der Waals surface area contributed by atoms with E-state index in [1.165, 1.54) is 5.06 Å². The Kier molecular flexibility index (Phi) is 4.88. The molecule has 1 amide bonds. The Hall–Kier alpha value is -2.59. The van der Waals surface area contributed by atoms with Gasteiger partial charge in [0.15, 0.2) is 0 Å². The van der Waals surface area contributed by atoms with Crippen LogP contribution in [0.15, 0.2) is 23.0 Å². The average Bonchev–Trinajstić information content (AvgIpc) is 2.93. The zero-order chi connectivity index (χ0) is 18.9. The molecule has 0 bridgehead atoms. The molecular formula is C19H24N4O3. The van der Waals surface area contributed by atoms with Crippen molar-refractivity contribution in [3.8, 4) is 6.07 Å². The lowest BCUT2D eigenvalue weighted by Crippen LogP contribution is -2.42. The fraction of sp³-hybridized carbons (Fsp3) is 0.526. The molecule has 0 unspecified atom stereocenters. The Morgan fingerprint density at radius 3 is 2.58 bits per heavy atom. The van der Waals surface area contributed by atoms with Crippen molar-refractivity contribution in [1.82, 2.24) is 14.6 Å². The first-order valence-corrected chi connectivity index (χ1v) is 8.89. The Labute approximate surface area is 152 Å². The number of rotatable bonds is 4. The zero-order valence-electron chi connectivity index (χ0n) is 15.4. The lowest BCUT2D eigenvalue weighted by atomic mass is 9.90. The van der Waals surface area contributed by atoms with Crippen LogP contribution in [0.25, 0.3) is 11.0 Å². The van der Waals surface area contributed by atoms with Gasteiger partial charge in [0, 0.05) is 6.04 Å². The molecule has 1 aromatic carbocycles. The largest absolute Gasteiger partial charge is 0.326 e. The first-order chi connectivity index (χ1) is 12.3. The van der Waals surface area contributed by atoms with Gasteiger partial charge in [0.1, 0.15) is 0 Å². The highest BCUT2D eigenvalue weighted by atomic mass is 16.7. The molecule has 0 atom stereocenters. The number of benzene rings is 1. The van der Waals surface area contributed by atoms with Crippen LogP contribution in [0.5, 0.6) is 0 Å². The van der Waals surface area contributed by atoms with E-state index >= 15 is 0 Å². The van der Waals surface area contributed by atoms with Gasteiger partial charge in [-0.1, -0.05) is 0 Å². The summed E-state index contributed by atoms with van der Waals surface area (Å²) in [7, 11) is 0. The first-order valence-electron chi connectivity index (χ1n) is 8.89. The summed E-state index contributed by atoms with van der Waals surface area (Å²) in [5.41, 5.74) is 1.44. The van der Waals surface area contributed by atoms with Crippen LogP contribution in [0.1, 0.15) is 58.1 Å². The molecule has 1 heterocycles. The second-order valence-electron chi connectivity index (χ2n) is 7.78. The standard InChI is InChI=1S/C19H24N4O3/c1-19(2,3)26-22(12-24)14-5-7-15(8-6-14)23-17-9-4-13(11-20)10-16(17)21-18(23)25/h4,9-10,12,14-15H,5-8H2,1-3H3,(H,21,25). The lowest BCUT2D eigenvalue weighted by molar-refractivity contribution is -0.236. The van der Waals surface area contributed by atoms with Crippen LogP contribution < -0.4 is 5.69 Å². The maximum absolute atomic E-state index is 12.4. The summed E-state index contributed by atoms with van der Waals surface area (Å²) >= 11 is 0. The van der Waals surface area contributed by atoms with E-state index in [0.29, 0.717) is 11.1 Å². The van der Waals surface area contributed by atoms with E-state index in [1.807, 2.05) is 26.8 Å². The molecule has 7 heteroatoms. The summed E-state index contributed by atoms with van der Waals surface area (Å²) in [6.07, 6.45) is 3.87. The fourth-order valence-corrected chi connectivity index (χ4v) is 3.63. The molecule has 138 valence electrons. The average molecular weight is 356 g/mol. The second kappa shape index (κ2) is 6.96. The molecule has 0 aliphatic heterocycles. The summed E-state index contributed by atoms with van der Waals surface area (Å²) in [6, 6.07) is 7.42. The zero-order valence-corrected chi connectivity index (χ0v) is 15.4. The number of H-pyrrole nitrogens is 1. The second-order valence-corrected chi connectivity index (χ2v) is 7.78. The first kappa shape index (κ1) is 18.2. The molecule has 1 saturated carbocycles. The van der Waals surface area contributed by atoms with Crippen LogP contribution in [-0.2, 0) is 9.63 Å². The summed E-state index contributed by atoms with van der Waals surface area (Å²) < 4.78 is 1.78. The van der Waals surface area contributed by atoms with Gasteiger partial charge in [-0.25, -0.2) is 9.86 Å². The van der Waals surface area contributed by atoms with Gasteiger partial charge < -0.3 is 4.98 Å². The molecule has 1 fully saturated rings. The van der Waals surface area contributed by atoms with E-state index in [9.17, 15) is 9.59 Å². The highest BCUT2D eigenvalue weighted by Crippen LogP contribution is 2.32. The van der Waals surface area contributed by atoms with Gasteiger partial charge >= 0.3 is 5.69 Å². The number of hydroxylamine groups is 2. The Bertz CT molecular complexity index is 892. The third-order valence-electron chi connectivity index (χ3n) is 4.72. The molecule has 0 saturated heterocycles. The number of fused-ring (bicyclic) bond motifs is 1. The Morgan fingerprint density at radius 2 is 2.00 bits per heavy atom. The van der Waals surface area contributed by atoms with Crippen LogP contribution >= 0.6 is 0 Å². The SMILES string of the molecule is CC(C)(C)ON(C=O)C1CCC(n2c(=O)[nH]c3cc(C#N)ccc32)CC1. The number of nitrogens with one attached hydrogen (secondary N) is 1. The van der Waals surface area contributed by atoms with Crippen molar-refractivity contribution in [2.75, 3.05) is 0 Å². The van der Waals surface area contributed by atoms with Gasteiger partial charge in [-0.05, 0) is 64.7 Å². The van der Waals surface area contributed by atoms with E-state index in [1.54, 1.807) is 16.7 Å². The van der Waals surface area contributed by atoms with Crippen LogP contribution in [-0.4, -0.2) is 32.7 Å². The minimum atomic E-state index is -0.427. The van der Waals surface area contributed by atoms with Gasteiger partial charge in [-0.2, -0.15) is 5.26 Å². The van der Waals surface area contributed by atoms with Gasteiger partial charge in [-0.15, -0.1) is 0 Å². The maximum Gasteiger partial charge on any atom is 0.326 e. The number of hydrogen-bond acceptors (Lipinski definition) is 4. The number of amides is 1. The van der Waals surface area contributed by atoms with Gasteiger partial charge in [-0.3, -0.25) is 14.2 Å². The predicted molar refractivity (Wildman–Crippen MR) is 97.3 cm³/mol. The number of nitriles is 1. The normalized spacial score (nSPS) is 20.7. The van der Waals surface area contributed by atoms with E-state index in [0.717, 1.165) is 37.6 Å². The third-order valence-corrected chi connectivity index (χ3v) is 4.72. The number of aromatic amines is 1. The fourth-order valence-electron chi connectivity index (χ4n) is 3.63. The van der Waals surface area contributed by atoms with Crippen LogP contribution in [0.3, 0.4) is 0 Å². The van der Waals surface area contributed by atoms with Crippen molar-refractivity contribution < 1.29 is 9.63 Å². The van der Waals surface area contributed by atoms with E-state index in [2.05, 4.69) is 11.1 Å². The monoisotopic (exact) mass is 356 g/mol. The van der Waals surface area contributed by atoms with Crippen molar-refractivity contribution in [1.29, 1.82) is 5.26 Å². The summed E-state index contributed by atoms with van der Waals surface area (Å²) in [5.74, 6) is 0.